The van der Waals surface area contributed by atoms with Crippen LogP contribution in [0, 0.1) is 0 Å². The van der Waals surface area contributed by atoms with Crippen LogP contribution in [-0.2, 0) is 0 Å². The molecule has 1 aliphatic rings. The van der Waals surface area contributed by atoms with E-state index in [0.29, 0.717) is 5.69 Å². The van der Waals surface area contributed by atoms with Crippen LogP contribution in [0.25, 0.3) is 0 Å². The van der Waals surface area contributed by atoms with Gasteiger partial charge in [-0.25, -0.2) is 0 Å². The summed E-state index contributed by atoms with van der Waals surface area (Å²) in [5.41, 5.74) is 7.87. The van der Waals surface area contributed by atoms with Crippen molar-refractivity contribution in [2.45, 2.75) is 0 Å². The van der Waals surface area contributed by atoms with Crippen LogP contribution in [0.1, 0.15) is 5.56 Å². The highest BCUT2D eigenvalue weighted by atomic mass is 16.2. The molecule has 0 fully saturated rings. The zero-order chi connectivity index (χ0) is 8.55. The van der Waals surface area contributed by atoms with E-state index in [1.165, 1.54) is 0 Å². The van der Waals surface area contributed by atoms with Gasteiger partial charge < -0.3 is 16.1 Å². The highest BCUT2D eigenvalue weighted by Crippen LogP contribution is 2.03. The maximum absolute atomic E-state index is 9.41. The lowest BCUT2D eigenvalue weighted by Crippen LogP contribution is -2.46. The van der Waals surface area contributed by atoms with Crippen molar-refractivity contribution >= 4 is 24.4 Å². The van der Waals surface area contributed by atoms with E-state index in [4.69, 9.17) is 5.73 Å². The monoisotopic (exact) mass is 161 g/mol. The van der Waals surface area contributed by atoms with Crippen LogP contribution >= 0.6 is 0 Å². The lowest BCUT2D eigenvalue weighted by molar-refractivity contribution is 0.565. The Morgan fingerprint density at radius 2 is 2.33 bits per heavy atom. The predicted octanol–water partition coefficient (Wildman–Crippen LogP) is -1.11. The Bertz CT molecular complexity index is 339. The molecule has 12 heavy (non-hydrogen) atoms. The fourth-order valence-electron chi connectivity index (χ4n) is 1.19. The van der Waals surface area contributed by atoms with Crippen molar-refractivity contribution in [3.63, 3.8) is 0 Å². The number of nitrogens with zero attached hydrogens (tertiary/aromatic N) is 1. The molecular weight excluding hydrogens is 153 g/mol. The van der Waals surface area contributed by atoms with E-state index < -0.39 is 7.05 Å². The van der Waals surface area contributed by atoms with Gasteiger partial charge in [-0.15, -0.1) is 0 Å². The fourth-order valence-corrected chi connectivity index (χ4v) is 1.19. The molecule has 1 heterocycles. The zero-order valence-corrected chi connectivity index (χ0v) is 6.36. The lowest BCUT2D eigenvalue weighted by Gasteiger charge is -2.13. The number of benzene rings is 1. The van der Waals surface area contributed by atoms with Crippen LogP contribution in [0.5, 0.6) is 0 Å². The third kappa shape index (κ3) is 1.04. The topological polar surface area (TPSA) is 70.6 Å². The van der Waals surface area contributed by atoms with Crippen molar-refractivity contribution in [1.29, 1.82) is 0 Å². The summed E-state index contributed by atoms with van der Waals surface area (Å²) in [5, 5.41) is 15.7. The zero-order valence-electron chi connectivity index (χ0n) is 6.36. The summed E-state index contributed by atoms with van der Waals surface area (Å²) in [4.78, 5) is 0. The summed E-state index contributed by atoms with van der Waals surface area (Å²) in [6.45, 7) is 0. The Morgan fingerprint density at radius 1 is 1.50 bits per heavy atom. The third-order valence-electron chi connectivity index (χ3n) is 1.81. The van der Waals surface area contributed by atoms with Crippen molar-refractivity contribution in [2.75, 3.05) is 5.73 Å². The van der Waals surface area contributed by atoms with Crippen LogP contribution in [0.4, 0.5) is 5.69 Å². The van der Waals surface area contributed by atoms with Gasteiger partial charge in [0.25, 0.3) is 0 Å². The smallest absolute Gasteiger partial charge is 0.428 e. The van der Waals surface area contributed by atoms with Gasteiger partial charge >= 0.3 is 7.05 Å². The Labute approximate surface area is 70.2 Å². The summed E-state index contributed by atoms with van der Waals surface area (Å²) >= 11 is 0. The van der Waals surface area contributed by atoms with Gasteiger partial charge in [0.15, 0.2) is 0 Å². The first-order valence-electron chi connectivity index (χ1n) is 3.63. The number of rotatable bonds is 0. The molecule has 1 aromatic rings. The van der Waals surface area contributed by atoms with Crippen LogP contribution < -0.4 is 16.5 Å². The third-order valence-corrected chi connectivity index (χ3v) is 1.81. The number of hydrazone groups is 1. The SMILES string of the molecule is Nc1ccc2c(c1)B(O)NN=C2. The summed E-state index contributed by atoms with van der Waals surface area (Å²) in [6.07, 6.45) is 1.65. The molecule has 0 aliphatic carbocycles. The first kappa shape index (κ1) is 7.18. The van der Waals surface area contributed by atoms with Gasteiger partial charge in [0, 0.05) is 5.69 Å². The number of nitrogens with two attached hydrogens (primary N) is 1. The van der Waals surface area contributed by atoms with E-state index in [1.807, 2.05) is 6.07 Å². The number of nitrogens with one attached hydrogen (secondary N) is 1. The maximum Gasteiger partial charge on any atom is 0.464 e. The maximum atomic E-state index is 9.41. The molecule has 0 atom stereocenters. The number of fused-ring (bicyclic) bond motifs is 1. The average molecular weight is 161 g/mol. The molecule has 60 valence electrons. The van der Waals surface area contributed by atoms with Crippen molar-refractivity contribution in [2.24, 2.45) is 5.10 Å². The highest BCUT2D eigenvalue weighted by Gasteiger charge is 2.20. The molecule has 1 aliphatic heterocycles. The van der Waals surface area contributed by atoms with Gasteiger partial charge in [-0.05, 0) is 23.2 Å². The second-order valence-electron chi connectivity index (χ2n) is 2.68. The molecule has 0 aromatic heterocycles. The molecule has 4 nitrogen and oxygen atoms in total. The molecule has 0 saturated heterocycles. The molecule has 0 saturated carbocycles. The van der Waals surface area contributed by atoms with Gasteiger partial charge in [-0.2, -0.15) is 5.10 Å². The van der Waals surface area contributed by atoms with E-state index in [2.05, 4.69) is 10.4 Å². The van der Waals surface area contributed by atoms with E-state index >= 15 is 0 Å². The Morgan fingerprint density at radius 3 is 3.17 bits per heavy atom. The molecule has 0 unspecified atom stereocenters. The van der Waals surface area contributed by atoms with Gasteiger partial charge in [0.1, 0.15) is 0 Å². The quantitative estimate of drug-likeness (QED) is 0.334. The molecule has 1 aromatic carbocycles. The standard InChI is InChI=1S/C7H8BN3O/c9-6-2-1-5-4-10-11-8(12)7(5)3-6/h1-4,11-12H,9H2. The second-order valence-corrected chi connectivity index (χ2v) is 2.68. The van der Waals surface area contributed by atoms with Crippen molar-refractivity contribution in [3.8, 4) is 0 Å². The van der Waals surface area contributed by atoms with Gasteiger partial charge in [-0.1, -0.05) is 6.07 Å². The van der Waals surface area contributed by atoms with Gasteiger partial charge in [0.05, 0.1) is 6.21 Å². The summed E-state index contributed by atoms with van der Waals surface area (Å²) < 4.78 is 0. The van der Waals surface area contributed by atoms with E-state index in [1.54, 1.807) is 18.3 Å². The minimum Gasteiger partial charge on any atom is -0.428 e. The van der Waals surface area contributed by atoms with Gasteiger partial charge in [-0.3, -0.25) is 0 Å². The molecule has 0 bridgehead atoms. The fraction of sp³-hybridized carbons (Fsp3) is 0. The van der Waals surface area contributed by atoms with Crippen LogP contribution in [0.15, 0.2) is 23.3 Å². The minimum atomic E-state index is -0.742. The van der Waals surface area contributed by atoms with Gasteiger partial charge in [0.2, 0.25) is 0 Å². The number of nitrogen functional groups attached to an aromatic ring is 1. The van der Waals surface area contributed by atoms with Crippen molar-refractivity contribution in [3.05, 3.63) is 23.8 Å². The normalized spacial score (nSPS) is 13.9. The molecule has 2 rings (SSSR count). The van der Waals surface area contributed by atoms with Crippen molar-refractivity contribution < 1.29 is 5.02 Å². The average Bonchev–Trinajstić information content (AvgIpc) is 2.07. The summed E-state index contributed by atoms with van der Waals surface area (Å²) in [5.74, 6) is 0. The largest absolute Gasteiger partial charge is 0.464 e. The first-order valence-corrected chi connectivity index (χ1v) is 3.63. The second kappa shape index (κ2) is 2.53. The molecule has 0 radical (unpaired) electrons. The first-order chi connectivity index (χ1) is 5.77. The molecule has 4 N–H and O–H groups in total. The van der Waals surface area contributed by atoms with E-state index in [0.717, 1.165) is 11.0 Å². The Hall–Kier alpha value is -1.49. The number of hydrogen-bond donors (Lipinski definition) is 3. The minimum absolute atomic E-state index is 0.643. The van der Waals surface area contributed by atoms with Crippen LogP contribution in [0.2, 0.25) is 0 Å². The van der Waals surface area contributed by atoms with Crippen LogP contribution in [0.3, 0.4) is 0 Å². The van der Waals surface area contributed by atoms with E-state index in [9.17, 15) is 5.02 Å². The number of hydrogen-bond acceptors (Lipinski definition) is 4. The summed E-state index contributed by atoms with van der Waals surface area (Å²) in [7, 11) is -0.742. The molecule has 0 spiro atoms. The summed E-state index contributed by atoms with van der Waals surface area (Å²) in [6, 6.07) is 5.35. The lowest BCUT2D eigenvalue weighted by atomic mass is 9.71. The predicted molar refractivity (Wildman–Crippen MR) is 49.2 cm³/mol. The van der Waals surface area contributed by atoms with Crippen LogP contribution in [-0.4, -0.2) is 18.3 Å². The van der Waals surface area contributed by atoms with Crippen molar-refractivity contribution in [1.82, 2.24) is 5.34 Å². The highest BCUT2D eigenvalue weighted by molar-refractivity contribution is 6.65. The molecule has 5 heteroatoms. The Balaban J connectivity index is 2.56. The Kier molecular flexibility index (Phi) is 1.51. The van der Waals surface area contributed by atoms with E-state index in [-0.39, 0.29) is 0 Å². The molecular formula is C7H8BN3O. The molecule has 0 amide bonds. The number of anilines is 1.